The van der Waals surface area contributed by atoms with Crippen molar-refractivity contribution in [2.45, 2.75) is 13.0 Å². The molecule has 168 valence electrons. The summed E-state index contributed by atoms with van der Waals surface area (Å²) in [5, 5.41) is 11.1. The second-order valence-corrected chi connectivity index (χ2v) is 7.37. The Morgan fingerprint density at radius 3 is 2.33 bits per heavy atom. The second kappa shape index (κ2) is 12.0. The normalized spacial score (nSPS) is 13.0. The topological polar surface area (TPSA) is 98.7 Å². The molecule has 0 aliphatic heterocycles. The van der Waals surface area contributed by atoms with E-state index in [-0.39, 0.29) is 0 Å². The fraction of sp³-hybridized carbons (Fsp3) is 0.115. The molecule has 0 saturated heterocycles. The van der Waals surface area contributed by atoms with Gasteiger partial charge >= 0.3 is 6.03 Å². The van der Waals surface area contributed by atoms with E-state index in [4.69, 9.17) is 5.21 Å². The third kappa shape index (κ3) is 7.45. The number of benzene rings is 2. The Labute approximate surface area is 192 Å². The van der Waals surface area contributed by atoms with Crippen molar-refractivity contribution >= 4 is 17.8 Å². The van der Waals surface area contributed by atoms with E-state index in [0.29, 0.717) is 25.1 Å². The molecule has 0 fully saturated rings. The van der Waals surface area contributed by atoms with Gasteiger partial charge in [-0.3, -0.25) is 20.1 Å². The van der Waals surface area contributed by atoms with E-state index in [1.807, 2.05) is 54.6 Å². The number of nitrogens with one attached hydrogen (secondary N) is 2. The quantitative estimate of drug-likeness (QED) is 0.343. The number of amides is 4. The molecular weight excluding hydrogens is 418 g/mol. The van der Waals surface area contributed by atoms with Crippen LogP contribution in [-0.4, -0.2) is 34.5 Å². The Morgan fingerprint density at radius 1 is 0.939 bits per heavy atom. The SMILES string of the molecule is O=C(/C=C/C1=CC=C(CN(Cc2ccccc2)C(=O)NC(=O)c2ccccc2)CC=C1)NO. The van der Waals surface area contributed by atoms with Gasteiger partial charge < -0.3 is 4.90 Å². The number of carbonyl (C=O) groups is 3. The molecule has 0 radical (unpaired) electrons. The molecule has 0 heterocycles. The van der Waals surface area contributed by atoms with Gasteiger partial charge in [-0.2, -0.15) is 0 Å². The summed E-state index contributed by atoms with van der Waals surface area (Å²) in [6.45, 7) is 0.653. The summed E-state index contributed by atoms with van der Waals surface area (Å²) in [5.74, 6) is -1.07. The van der Waals surface area contributed by atoms with Crippen LogP contribution >= 0.6 is 0 Å². The van der Waals surface area contributed by atoms with E-state index in [1.165, 1.54) is 6.08 Å². The lowest BCUT2D eigenvalue weighted by Crippen LogP contribution is -2.43. The number of hydroxylamine groups is 1. The monoisotopic (exact) mass is 443 g/mol. The molecule has 0 atom stereocenters. The standard InChI is InChI=1S/C26H25N3O4/c30-24(28-33)17-16-20-10-7-11-22(15-14-20)19-29(18-21-8-3-1-4-9-21)26(32)27-25(31)23-12-5-2-6-13-23/h1-10,12-17,33H,11,18-19H2,(H,28,30)(H,27,31,32)/b17-16+. The zero-order valence-corrected chi connectivity index (χ0v) is 18.0. The van der Waals surface area contributed by atoms with Crippen molar-refractivity contribution in [3.63, 3.8) is 0 Å². The van der Waals surface area contributed by atoms with Gasteiger partial charge in [0.15, 0.2) is 0 Å². The number of hydrogen-bond acceptors (Lipinski definition) is 4. The van der Waals surface area contributed by atoms with E-state index in [0.717, 1.165) is 16.7 Å². The second-order valence-electron chi connectivity index (χ2n) is 7.37. The highest BCUT2D eigenvalue weighted by molar-refractivity contribution is 6.04. The number of urea groups is 1. The largest absolute Gasteiger partial charge is 0.324 e. The molecule has 1 aliphatic carbocycles. The Bertz CT molecular complexity index is 1100. The Hall–Kier alpha value is -4.23. The molecule has 0 unspecified atom stereocenters. The van der Waals surface area contributed by atoms with Crippen LogP contribution in [0.4, 0.5) is 4.79 Å². The molecule has 2 aromatic carbocycles. The Morgan fingerprint density at radius 2 is 1.64 bits per heavy atom. The summed E-state index contributed by atoms with van der Waals surface area (Å²) < 4.78 is 0. The maximum Gasteiger partial charge on any atom is 0.324 e. The highest BCUT2D eigenvalue weighted by atomic mass is 16.5. The van der Waals surface area contributed by atoms with Crippen LogP contribution in [-0.2, 0) is 11.3 Å². The van der Waals surface area contributed by atoms with Crippen molar-refractivity contribution in [3.05, 3.63) is 119 Å². The molecule has 0 saturated carbocycles. The van der Waals surface area contributed by atoms with Crippen molar-refractivity contribution in [2.75, 3.05) is 6.54 Å². The lowest BCUT2D eigenvalue weighted by atomic mass is 10.1. The van der Waals surface area contributed by atoms with Crippen molar-refractivity contribution in [2.24, 2.45) is 0 Å². The fourth-order valence-corrected chi connectivity index (χ4v) is 3.21. The zero-order chi connectivity index (χ0) is 23.5. The molecule has 7 heteroatoms. The van der Waals surface area contributed by atoms with Gasteiger partial charge in [0.05, 0.1) is 0 Å². The van der Waals surface area contributed by atoms with Gasteiger partial charge in [0.1, 0.15) is 0 Å². The minimum Gasteiger partial charge on any atom is -0.316 e. The average Bonchev–Trinajstić information content (AvgIpc) is 3.08. The number of imide groups is 1. The summed E-state index contributed by atoms with van der Waals surface area (Å²) >= 11 is 0. The Balaban J connectivity index is 1.76. The summed E-state index contributed by atoms with van der Waals surface area (Å²) in [6.07, 6.45) is 10.9. The molecular formula is C26H25N3O4. The van der Waals surface area contributed by atoms with Gasteiger partial charge in [0, 0.05) is 24.7 Å². The van der Waals surface area contributed by atoms with E-state index >= 15 is 0 Å². The number of nitrogens with zero attached hydrogens (tertiary/aromatic N) is 1. The molecule has 1 aliphatic rings. The predicted molar refractivity (Wildman–Crippen MR) is 125 cm³/mol. The van der Waals surface area contributed by atoms with Crippen LogP contribution < -0.4 is 10.8 Å². The average molecular weight is 444 g/mol. The van der Waals surface area contributed by atoms with Gasteiger partial charge in [-0.05, 0) is 41.3 Å². The van der Waals surface area contributed by atoms with E-state index < -0.39 is 17.8 Å². The number of rotatable bonds is 7. The maximum absolute atomic E-state index is 13.0. The molecule has 0 aromatic heterocycles. The molecule has 0 spiro atoms. The minimum atomic E-state index is -0.619. The van der Waals surface area contributed by atoms with Crippen LogP contribution in [0.15, 0.2) is 108 Å². The highest BCUT2D eigenvalue weighted by Crippen LogP contribution is 2.16. The summed E-state index contributed by atoms with van der Waals surface area (Å²) in [6, 6.07) is 17.7. The number of allylic oxidation sites excluding steroid dienone is 6. The molecule has 7 nitrogen and oxygen atoms in total. The first-order valence-electron chi connectivity index (χ1n) is 10.4. The molecule has 3 rings (SSSR count). The van der Waals surface area contributed by atoms with Crippen LogP contribution in [0.2, 0.25) is 0 Å². The number of carbonyl (C=O) groups excluding carboxylic acids is 3. The van der Waals surface area contributed by atoms with Crippen molar-refractivity contribution in [1.82, 2.24) is 15.7 Å². The third-order valence-corrected chi connectivity index (χ3v) is 4.89. The van der Waals surface area contributed by atoms with Crippen molar-refractivity contribution in [3.8, 4) is 0 Å². The first-order valence-corrected chi connectivity index (χ1v) is 10.4. The molecule has 33 heavy (non-hydrogen) atoms. The molecule has 2 aromatic rings. The molecule has 3 N–H and O–H groups in total. The highest BCUT2D eigenvalue weighted by Gasteiger charge is 2.19. The van der Waals surface area contributed by atoms with Gasteiger partial charge in [-0.15, -0.1) is 0 Å². The van der Waals surface area contributed by atoms with Crippen LogP contribution in [0.3, 0.4) is 0 Å². The lowest BCUT2D eigenvalue weighted by molar-refractivity contribution is -0.124. The van der Waals surface area contributed by atoms with Gasteiger partial charge in [-0.25, -0.2) is 10.3 Å². The summed E-state index contributed by atoms with van der Waals surface area (Å²) in [7, 11) is 0. The first-order chi connectivity index (χ1) is 16.0. The fourth-order valence-electron chi connectivity index (χ4n) is 3.21. The summed E-state index contributed by atoms with van der Waals surface area (Å²) in [5.41, 5.74) is 4.63. The van der Waals surface area contributed by atoms with Crippen LogP contribution in [0.5, 0.6) is 0 Å². The van der Waals surface area contributed by atoms with Gasteiger partial charge in [-0.1, -0.05) is 72.8 Å². The van der Waals surface area contributed by atoms with Gasteiger partial charge in [0.25, 0.3) is 11.8 Å². The smallest absolute Gasteiger partial charge is 0.316 e. The van der Waals surface area contributed by atoms with Gasteiger partial charge in [0.2, 0.25) is 0 Å². The predicted octanol–water partition coefficient (Wildman–Crippen LogP) is 3.91. The van der Waals surface area contributed by atoms with Crippen molar-refractivity contribution in [1.29, 1.82) is 0 Å². The van der Waals surface area contributed by atoms with E-state index in [9.17, 15) is 14.4 Å². The Kier molecular flexibility index (Phi) is 8.50. The first kappa shape index (κ1) is 23.4. The molecule has 4 amide bonds. The van der Waals surface area contributed by atoms with E-state index in [1.54, 1.807) is 46.8 Å². The van der Waals surface area contributed by atoms with E-state index in [2.05, 4.69) is 5.32 Å². The third-order valence-electron chi connectivity index (χ3n) is 4.89. The summed E-state index contributed by atoms with van der Waals surface area (Å²) in [4.78, 5) is 38.3. The maximum atomic E-state index is 13.0. The van der Waals surface area contributed by atoms with Crippen LogP contribution in [0.25, 0.3) is 0 Å². The minimum absolute atomic E-state index is 0.317. The molecule has 0 bridgehead atoms. The van der Waals surface area contributed by atoms with Crippen LogP contribution in [0, 0.1) is 0 Å². The lowest BCUT2D eigenvalue weighted by Gasteiger charge is -2.24. The number of hydrogen-bond donors (Lipinski definition) is 3. The zero-order valence-electron chi connectivity index (χ0n) is 18.0. The van der Waals surface area contributed by atoms with Crippen LogP contribution in [0.1, 0.15) is 22.3 Å². The van der Waals surface area contributed by atoms with Crippen molar-refractivity contribution < 1.29 is 19.6 Å².